The molecule has 3 rings (SSSR count). The Kier molecular flexibility index (Phi) is 22.4. The number of hydrogen-bond acceptors (Lipinski definition) is 12. The van der Waals surface area contributed by atoms with Crippen LogP contribution in [0.5, 0.6) is 0 Å². The fourth-order valence-electron chi connectivity index (χ4n) is 7.73. The van der Waals surface area contributed by atoms with Gasteiger partial charge in [-0.05, 0) is 47.8 Å². The molecule has 0 saturated carbocycles. The van der Waals surface area contributed by atoms with Crippen molar-refractivity contribution in [3.05, 3.63) is 71.3 Å². The van der Waals surface area contributed by atoms with Crippen LogP contribution in [0.3, 0.4) is 0 Å². The first kappa shape index (κ1) is 57.1. The Balaban J connectivity index is 1.95. The molecule has 20 heteroatoms. The lowest BCUT2D eigenvalue weighted by molar-refractivity contribution is -0.139. The molecule has 20 nitrogen and oxygen atoms in total. The van der Waals surface area contributed by atoms with Gasteiger partial charge in [0.25, 0.3) is 5.91 Å². The van der Waals surface area contributed by atoms with Gasteiger partial charge in [0, 0.05) is 26.3 Å². The van der Waals surface area contributed by atoms with E-state index in [0.29, 0.717) is 18.4 Å². The summed E-state index contributed by atoms with van der Waals surface area (Å²) in [5.41, 5.74) is 6.46. The lowest BCUT2D eigenvalue weighted by Gasteiger charge is -2.34. The van der Waals surface area contributed by atoms with Gasteiger partial charge in [0.2, 0.25) is 47.1 Å². The second kappa shape index (κ2) is 27.1. The van der Waals surface area contributed by atoms with Crippen LogP contribution in [0.4, 0.5) is 0 Å². The number of primary amides is 1. The average molecular weight is 965 g/mol. The predicted molar refractivity (Wildman–Crippen MR) is 254 cm³/mol. The fourth-order valence-corrected chi connectivity index (χ4v) is 7.73. The Hall–Kier alpha value is -6.25. The number of aliphatic hydroxyl groups excluding tert-OH is 2. The molecule has 1 aliphatic heterocycles. The van der Waals surface area contributed by atoms with Gasteiger partial charge in [-0.25, -0.2) is 0 Å². The summed E-state index contributed by atoms with van der Waals surface area (Å²) in [5.74, 6) is -7.78. The molecule has 0 bridgehead atoms. The number of aryl methyl sites for hydroxylation is 1. The van der Waals surface area contributed by atoms with E-state index >= 15 is 0 Å². The molecular weight excluding hydrogens is 893 g/mol. The topological polar surface area (TPSA) is 305 Å². The van der Waals surface area contributed by atoms with Gasteiger partial charge in [0.15, 0.2) is 0 Å². The third-order valence-corrected chi connectivity index (χ3v) is 11.6. The van der Waals surface area contributed by atoms with E-state index in [0.717, 1.165) is 16.0 Å². The maximum Gasteiger partial charge on any atom is 0.287 e. The molecule has 1 heterocycles. The zero-order valence-corrected chi connectivity index (χ0v) is 41.0. The van der Waals surface area contributed by atoms with Crippen molar-refractivity contribution in [2.24, 2.45) is 17.1 Å². The molecule has 0 unspecified atom stereocenters. The maximum absolute atomic E-state index is 14.6. The van der Waals surface area contributed by atoms with Gasteiger partial charge >= 0.3 is 0 Å². The SMILES string of the molecule is CCCC[C@H](NC(=O)[C@H](CC(C)C)NC(=O)[C@@H](NC(=O)[C@H](Cc1ccccc1C)NC(=O)[C@@H](COCc1ccccc1)NC(=O)[C@H](CO)NC(=O)[C@@H]1C[C@H](O)CN1C(C)=O)C(C)(C)C)C(=O)C(N)=O. The number of carbonyl (C=O) groups excluding carboxylic acids is 9. The highest BCUT2D eigenvalue weighted by atomic mass is 16.5. The monoisotopic (exact) mass is 965 g/mol. The lowest BCUT2D eigenvalue weighted by atomic mass is 9.85. The van der Waals surface area contributed by atoms with E-state index in [1.165, 1.54) is 6.92 Å². The van der Waals surface area contributed by atoms with Crippen LogP contribution in [0, 0.1) is 18.3 Å². The van der Waals surface area contributed by atoms with E-state index in [1.807, 2.05) is 33.8 Å². The minimum atomic E-state index is -1.61. The van der Waals surface area contributed by atoms with Gasteiger partial charge < -0.3 is 57.5 Å². The predicted octanol–water partition coefficient (Wildman–Crippen LogP) is -0.0261. The summed E-state index contributed by atoms with van der Waals surface area (Å²) in [4.78, 5) is 122. The molecule has 2 aromatic rings. The summed E-state index contributed by atoms with van der Waals surface area (Å²) >= 11 is 0. The van der Waals surface area contributed by atoms with E-state index < -0.39 is 120 Å². The maximum atomic E-state index is 14.6. The normalized spacial score (nSPS) is 17.3. The van der Waals surface area contributed by atoms with Crippen molar-refractivity contribution < 1.29 is 58.1 Å². The minimum Gasteiger partial charge on any atom is -0.394 e. The molecule has 1 saturated heterocycles. The van der Waals surface area contributed by atoms with Crippen LogP contribution >= 0.6 is 0 Å². The second-order valence-corrected chi connectivity index (χ2v) is 19.0. The summed E-state index contributed by atoms with van der Waals surface area (Å²) in [6, 6.07) is 6.70. The number of likely N-dealkylation sites (tertiary alicyclic amines) is 1. The Bertz CT molecular complexity index is 2110. The number of nitrogens with one attached hydrogen (secondary N) is 6. The number of Topliss-reactive ketones (excluding diaryl/α,β-unsaturated/α-hetero) is 1. The Morgan fingerprint density at radius 3 is 1.91 bits per heavy atom. The van der Waals surface area contributed by atoms with Crippen molar-refractivity contribution in [3.8, 4) is 0 Å². The fraction of sp³-hybridized carbons (Fsp3) is 0.571. The molecule has 1 aliphatic rings. The molecule has 0 spiro atoms. The number of ether oxygens (including phenoxy) is 1. The molecule has 0 radical (unpaired) electrons. The number of aliphatic hydroxyl groups is 2. The van der Waals surface area contributed by atoms with Crippen LogP contribution in [0.1, 0.15) is 97.3 Å². The number of hydrogen-bond donors (Lipinski definition) is 9. The van der Waals surface area contributed by atoms with E-state index in [2.05, 4.69) is 31.9 Å². The Labute approximate surface area is 404 Å². The number of unbranched alkanes of at least 4 members (excludes halogenated alkanes) is 1. The third-order valence-electron chi connectivity index (χ3n) is 11.6. The summed E-state index contributed by atoms with van der Waals surface area (Å²) in [5, 5.41) is 36.2. The largest absolute Gasteiger partial charge is 0.394 e. The highest BCUT2D eigenvalue weighted by Gasteiger charge is 2.41. The van der Waals surface area contributed by atoms with E-state index in [1.54, 1.807) is 69.3 Å². The van der Waals surface area contributed by atoms with Crippen molar-refractivity contribution in [1.82, 2.24) is 36.8 Å². The number of nitrogens with zero attached hydrogens (tertiary/aromatic N) is 1. The van der Waals surface area contributed by atoms with Crippen LogP contribution in [0.2, 0.25) is 0 Å². The highest BCUT2D eigenvalue weighted by Crippen LogP contribution is 2.22. The summed E-state index contributed by atoms with van der Waals surface area (Å²) in [6.07, 6.45) is 0.281. The first-order chi connectivity index (χ1) is 32.5. The summed E-state index contributed by atoms with van der Waals surface area (Å²) in [7, 11) is 0. The van der Waals surface area contributed by atoms with Crippen molar-refractivity contribution in [3.63, 3.8) is 0 Å². The molecule has 0 aromatic heterocycles. The molecule has 10 N–H and O–H groups in total. The molecular formula is C49H72N8O12. The molecule has 0 aliphatic carbocycles. The quantitative estimate of drug-likeness (QED) is 0.0562. The van der Waals surface area contributed by atoms with Gasteiger partial charge in [-0.15, -0.1) is 0 Å². The number of amides is 8. The molecule has 8 amide bonds. The van der Waals surface area contributed by atoms with Crippen LogP contribution in [-0.2, 0) is 60.9 Å². The number of benzene rings is 2. The van der Waals surface area contributed by atoms with Crippen molar-refractivity contribution in [2.45, 2.75) is 149 Å². The Morgan fingerprint density at radius 1 is 0.768 bits per heavy atom. The van der Waals surface area contributed by atoms with Crippen molar-refractivity contribution >= 4 is 53.0 Å². The first-order valence-electron chi connectivity index (χ1n) is 23.3. The molecule has 1 fully saturated rings. The zero-order valence-electron chi connectivity index (χ0n) is 41.0. The van der Waals surface area contributed by atoms with Crippen molar-refractivity contribution in [2.75, 3.05) is 19.8 Å². The van der Waals surface area contributed by atoms with Gasteiger partial charge in [-0.3, -0.25) is 43.2 Å². The zero-order chi connectivity index (χ0) is 51.6. The molecule has 8 atom stereocenters. The number of nitrogens with two attached hydrogens (primary N) is 1. The third kappa shape index (κ3) is 18.0. The molecule has 69 heavy (non-hydrogen) atoms. The van der Waals surface area contributed by atoms with Gasteiger partial charge in [-0.2, -0.15) is 0 Å². The van der Waals surface area contributed by atoms with Crippen LogP contribution in [0.25, 0.3) is 0 Å². The van der Waals surface area contributed by atoms with Gasteiger partial charge in [-0.1, -0.05) is 109 Å². The van der Waals surface area contributed by atoms with Crippen LogP contribution in [-0.4, -0.2) is 136 Å². The molecule has 380 valence electrons. The second-order valence-electron chi connectivity index (χ2n) is 19.0. The average Bonchev–Trinajstić information content (AvgIpc) is 3.69. The first-order valence-corrected chi connectivity index (χ1v) is 23.3. The number of rotatable bonds is 26. The number of ketones is 1. The molecule has 2 aromatic carbocycles. The smallest absolute Gasteiger partial charge is 0.287 e. The number of β-amino-alcohol motifs (C(OH)–C–C–N with tert-alkyl or cyclic N) is 1. The minimum absolute atomic E-state index is 0.0116. The highest BCUT2D eigenvalue weighted by molar-refractivity contribution is 6.37. The van der Waals surface area contributed by atoms with Gasteiger partial charge in [0.1, 0.15) is 36.3 Å². The van der Waals surface area contributed by atoms with Crippen LogP contribution < -0.4 is 37.6 Å². The Morgan fingerprint density at radius 2 is 1.33 bits per heavy atom. The van der Waals surface area contributed by atoms with E-state index in [4.69, 9.17) is 10.5 Å². The van der Waals surface area contributed by atoms with E-state index in [-0.39, 0.29) is 44.8 Å². The summed E-state index contributed by atoms with van der Waals surface area (Å²) < 4.78 is 5.88. The summed E-state index contributed by atoms with van der Waals surface area (Å²) in [6.45, 7) is 12.2. The standard InChI is InChI=1S/C49H72N8O12/c1-9-10-20-34(40(61)42(50)62)51-43(63)35(21-28(2)3)53-48(68)41(49(6,7)8)56-44(64)36(22-32-19-15-14-16-29(32)4)52-46(66)38(27-69-26-31-17-12-11-13-18-31)55-45(65)37(25-58)54-47(67)39-23-33(60)24-57(39)30(5)59/h11-19,28,33-39,41,58,60H,9-10,20-27H2,1-8H3,(H2,50,62)(H,51,63)(H,52,66)(H,53,68)(H,54,67)(H,55,65)(H,56,64)/t33-,34-,35-,36-,37-,38+,39-,41+/m0/s1. The van der Waals surface area contributed by atoms with E-state index in [9.17, 15) is 53.4 Å². The van der Waals surface area contributed by atoms with Gasteiger partial charge in [0.05, 0.1) is 32.0 Å². The van der Waals surface area contributed by atoms with Crippen molar-refractivity contribution in [1.29, 1.82) is 0 Å². The number of carbonyl (C=O) groups is 9. The van der Waals surface area contributed by atoms with Crippen LogP contribution in [0.15, 0.2) is 54.6 Å². The lowest BCUT2D eigenvalue weighted by Crippen LogP contribution is -2.63.